The summed E-state index contributed by atoms with van der Waals surface area (Å²) >= 11 is 0. The van der Waals surface area contributed by atoms with E-state index in [9.17, 15) is 28.4 Å². The first kappa shape index (κ1) is 24.2. The summed E-state index contributed by atoms with van der Waals surface area (Å²) in [7, 11) is -3.08. The molecule has 0 saturated carbocycles. The van der Waals surface area contributed by atoms with E-state index in [1.807, 2.05) is 0 Å². The molecule has 1 amide bonds. The number of amides is 1. The number of rotatable bonds is 8. The molecule has 0 atom stereocenters. The van der Waals surface area contributed by atoms with Crippen LogP contribution in [0.25, 0.3) is 0 Å². The van der Waals surface area contributed by atoms with Crippen molar-refractivity contribution in [2.24, 2.45) is 5.10 Å². The van der Waals surface area contributed by atoms with Gasteiger partial charge in [-0.25, -0.2) is 5.43 Å². The van der Waals surface area contributed by atoms with Crippen molar-refractivity contribution in [2.45, 2.75) is 11.8 Å². The van der Waals surface area contributed by atoms with E-state index in [0.717, 1.165) is 6.07 Å². The fourth-order valence-electron chi connectivity index (χ4n) is 2.78. The highest BCUT2D eigenvalue weighted by Crippen LogP contribution is 2.31. The Morgan fingerprint density at radius 1 is 1.09 bits per heavy atom. The number of nitrogens with one attached hydrogen (secondary N) is 1. The third kappa shape index (κ3) is 5.66. The molecular weight excluding hydrogens is 466 g/mol. The Morgan fingerprint density at radius 3 is 2.44 bits per heavy atom. The van der Waals surface area contributed by atoms with Gasteiger partial charge in [-0.2, -0.15) is 13.5 Å². The third-order valence-electron chi connectivity index (χ3n) is 4.56. The van der Waals surface area contributed by atoms with Crippen molar-refractivity contribution in [2.75, 3.05) is 7.11 Å². The molecule has 0 spiro atoms. The average Bonchev–Trinajstić information content (AvgIpc) is 2.80. The van der Waals surface area contributed by atoms with Crippen molar-refractivity contribution in [3.8, 4) is 17.2 Å². The molecule has 0 radical (unpaired) electrons. The summed E-state index contributed by atoms with van der Waals surface area (Å²) in [6, 6.07) is 13.3. The summed E-state index contributed by atoms with van der Waals surface area (Å²) < 4.78 is 35.6. The van der Waals surface area contributed by atoms with Gasteiger partial charge in [0.05, 0.1) is 18.2 Å². The SMILES string of the molecule is COc1cc(/C=N/NC(=O)c2ccc(O)cc2)ccc1OS(=O)(=O)c1ccc(C)c([N+](=O)[O-])c1. The zero-order valence-electron chi connectivity index (χ0n) is 18.0. The Kier molecular flexibility index (Phi) is 7.12. The van der Waals surface area contributed by atoms with Gasteiger partial charge in [0, 0.05) is 17.2 Å². The predicted molar refractivity (Wildman–Crippen MR) is 122 cm³/mol. The molecule has 0 saturated heterocycles. The maximum Gasteiger partial charge on any atom is 0.339 e. The number of carbonyl (C=O) groups excluding carboxylic acids is 1. The molecule has 3 aromatic carbocycles. The number of phenols is 1. The van der Waals surface area contributed by atoms with E-state index in [1.165, 1.54) is 74.8 Å². The minimum absolute atomic E-state index is 0.0251. The van der Waals surface area contributed by atoms with Gasteiger partial charge in [0.1, 0.15) is 10.6 Å². The first-order valence-electron chi connectivity index (χ1n) is 9.61. The number of aromatic hydroxyl groups is 1. The lowest BCUT2D eigenvalue weighted by Crippen LogP contribution is -2.17. The summed E-state index contributed by atoms with van der Waals surface area (Å²) in [5, 5.41) is 24.2. The third-order valence-corrected chi connectivity index (χ3v) is 5.79. The fraction of sp³-hybridized carbons (Fsp3) is 0.0909. The lowest BCUT2D eigenvalue weighted by atomic mass is 10.2. The van der Waals surface area contributed by atoms with E-state index in [-0.39, 0.29) is 33.4 Å². The van der Waals surface area contributed by atoms with Gasteiger partial charge in [0.25, 0.3) is 11.6 Å². The molecule has 12 heteroatoms. The van der Waals surface area contributed by atoms with Crippen molar-refractivity contribution in [3.05, 3.63) is 87.5 Å². The predicted octanol–water partition coefficient (Wildman–Crippen LogP) is 3.15. The molecule has 0 bridgehead atoms. The van der Waals surface area contributed by atoms with Gasteiger partial charge in [-0.05, 0) is 61.0 Å². The second-order valence-corrected chi connectivity index (χ2v) is 8.45. The number of phenolic OH excluding ortho intramolecular Hbond substituents is 1. The van der Waals surface area contributed by atoms with Gasteiger partial charge in [-0.3, -0.25) is 14.9 Å². The van der Waals surface area contributed by atoms with Gasteiger partial charge in [0.2, 0.25) is 0 Å². The van der Waals surface area contributed by atoms with E-state index < -0.39 is 20.9 Å². The Morgan fingerprint density at radius 2 is 1.79 bits per heavy atom. The number of methoxy groups -OCH3 is 1. The highest BCUT2D eigenvalue weighted by molar-refractivity contribution is 7.87. The molecule has 176 valence electrons. The maximum absolute atomic E-state index is 12.7. The quantitative estimate of drug-likeness (QED) is 0.213. The Hall–Kier alpha value is -4.45. The largest absolute Gasteiger partial charge is 0.508 e. The minimum Gasteiger partial charge on any atom is -0.508 e. The molecule has 0 aliphatic heterocycles. The highest BCUT2D eigenvalue weighted by atomic mass is 32.2. The summed E-state index contributed by atoms with van der Waals surface area (Å²) in [6.07, 6.45) is 1.31. The molecule has 0 aliphatic carbocycles. The van der Waals surface area contributed by atoms with Crippen LogP contribution in [0, 0.1) is 17.0 Å². The average molecular weight is 485 g/mol. The summed E-state index contributed by atoms with van der Waals surface area (Å²) in [6.45, 7) is 1.49. The number of hydrogen-bond acceptors (Lipinski definition) is 9. The number of benzene rings is 3. The van der Waals surface area contributed by atoms with E-state index in [2.05, 4.69) is 10.5 Å². The molecule has 34 heavy (non-hydrogen) atoms. The van der Waals surface area contributed by atoms with Crippen molar-refractivity contribution >= 4 is 27.9 Å². The zero-order chi connectivity index (χ0) is 24.9. The topological polar surface area (TPSA) is 157 Å². The number of nitrogens with zero attached hydrogens (tertiary/aromatic N) is 2. The van der Waals surface area contributed by atoms with E-state index in [0.29, 0.717) is 11.1 Å². The molecule has 3 aromatic rings. The van der Waals surface area contributed by atoms with Crippen molar-refractivity contribution in [3.63, 3.8) is 0 Å². The van der Waals surface area contributed by atoms with Crippen LogP contribution in [0.15, 0.2) is 70.7 Å². The summed E-state index contributed by atoms with van der Waals surface area (Å²) in [5.41, 5.74) is 3.03. The van der Waals surface area contributed by atoms with Crippen LogP contribution >= 0.6 is 0 Å². The van der Waals surface area contributed by atoms with Crippen LogP contribution in [0.5, 0.6) is 17.2 Å². The van der Waals surface area contributed by atoms with E-state index in [4.69, 9.17) is 8.92 Å². The fourth-order valence-corrected chi connectivity index (χ4v) is 3.74. The second kappa shape index (κ2) is 10.0. The van der Waals surface area contributed by atoms with Gasteiger partial charge in [0.15, 0.2) is 11.5 Å². The number of nitro benzene ring substituents is 1. The highest BCUT2D eigenvalue weighted by Gasteiger charge is 2.23. The molecular formula is C22H19N3O8S. The van der Waals surface area contributed by atoms with E-state index >= 15 is 0 Å². The summed E-state index contributed by atoms with van der Waals surface area (Å²) in [4.78, 5) is 22.1. The normalized spacial score (nSPS) is 11.2. The lowest BCUT2D eigenvalue weighted by Gasteiger charge is -2.11. The Labute approximate surface area is 194 Å². The molecule has 11 nitrogen and oxygen atoms in total. The van der Waals surface area contributed by atoms with Gasteiger partial charge >= 0.3 is 10.1 Å². The van der Waals surface area contributed by atoms with Gasteiger partial charge < -0.3 is 14.0 Å². The van der Waals surface area contributed by atoms with Crippen LogP contribution < -0.4 is 14.3 Å². The van der Waals surface area contributed by atoms with Crippen LogP contribution in [0.1, 0.15) is 21.5 Å². The van der Waals surface area contributed by atoms with Crippen molar-refractivity contribution in [1.82, 2.24) is 5.43 Å². The minimum atomic E-state index is -4.39. The maximum atomic E-state index is 12.7. The summed E-state index contributed by atoms with van der Waals surface area (Å²) in [5.74, 6) is -0.562. The van der Waals surface area contributed by atoms with Crippen LogP contribution in [-0.4, -0.2) is 37.7 Å². The van der Waals surface area contributed by atoms with Gasteiger partial charge in [-0.1, -0.05) is 6.07 Å². The van der Waals surface area contributed by atoms with Crippen LogP contribution in [0.3, 0.4) is 0 Å². The molecule has 0 unspecified atom stereocenters. The van der Waals surface area contributed by atoms with Crippen molar-refractivity contribution < 1.29 is 32.2 Å². The molecule has 0 aromatic heterocycles. The van der Waals surface area contributed by atoms with Crippen LogP contribution in [0.4, 0.5) is 5.69 Å². The molecule has 0 aliphatic rings. The number of nitro groups is 1. The number of aryl methyl sites for hydroxylation is 1. The molecule has 0 fully saturated rings. The number of hydrazone groups is 1. The molecule has 0 heterocycles. The van der Waals surface area contributed by atoms with Crippen molar-refractivity contribution in [1.29, 1.82) is 0 Å². The van der Waals surface area contributed by atoms with Crippen LogP contribution in [-0.2, 0) is 10.1 Å². The second-order valence-electron chi connectivity index (χ2n) is 6.90. The van der Waals surface area contributed by atoms with Gasteiger partial charge in [-0.15, -0.1) is 0 Å². The molecule has 2 N–H and O–H groups in total. The molecule has 3 rings (SSSR count). The lowest BCUT2D eigenvalue weighted by molar-refractivity contribution is -0.385. The smallest absolute Gasteiger partial charge is 0.339 e. The standard InChI is InChI=1S/C22H19N3O8S/c1-14-3-9-18(12-19(14)25(28)29)34(30,31)33-20-10-4-15(11-21(20)32-2)13-23-24-22(27)16-5-7-17(26)8-6-16/h3-13,26H,1-2H3,(H,24,27)/b23-13+. The zero-order valence-corrected chi connectivity index (χ0v) is 18.8. The number of carbonyl (C=O) groups is 1. The first-order valence-corrected chi connectivity index (χ1v) is 11.0. The monoisotopic (exact) mass is 485 g/mol. The number of hydrogen-bond donors (Lipinski definition) is 2. The first-order chi connectivity index (χ1) is 16.1. The number of ether oxygens (including phenoxy) is 1. The Balaban J connectivity index is 1.76. The van der Waals surface area contributed by atoms with Crippen LogP contribution in [0.2, 0.25) is 0 Å². The van der Waals surface area contributed by atoms with E-state index in [1.54, 1.807) is 0 Å². The Bertz CT molecular complexity index is 1370.